The van der Waals surface area contributed by atoms with E-state index in [9.17, 15) is 33.6 Å². The van der Waals surface area contributed by atoms with Crippen molar-refractivity contribution < 1.29 is 38.3 Å². The summed E-state index contributed by atoms with van der Waals surface area (Å²) in [6, 6.07) is 22.1. The molecule has 3 aliphatic rings. The number of unbranched alkanes of at least 4 members (excludes halogenated alkanes) is 3. The van der Waals surface area contributed by atoms with Gasteiger partial charge in [0.15, 0.2) is 0 Å². The van der Waals surface area contributed by atoms with Crippen LogP contribution in [0.2, 0.25) is 0 Å². The zero-order valence-corrected chi connectivity index (χ0v) is 39.9. The number of hydrogen-bond acceptors (Lipinski definition) is 10. The third-order valence-corrected chi connectivity index (χ3v) is 13.4. The average Bonchev–Trinajstić information content (AvgIpc) is 3.96. The molecule has 5 aromatic rings. The minimum absolute atomic E-state index is 0.160. The molecule has 0 saturated carbocycles. The van der Waals surface area contributed by atoms with Gasteiger partial charge in [0.25, 0.3) is 17.7 Å². The van der Waals surface area contributed by atoms with E-state index in [0.29, 0.717) is 116 Å². The van der Waals surface area contributed by atoms with Crippen LogP contribution in [0.5, 0.6) is 5.75 Å². The summed E-state index contributed by atoms with van der Waals surface area (Å²) in [7, 11) is 2.02. The molecule has 366 valence electrons. The number of carbonyl (C=O) groups is 7. The molecule has 0 spiro atoms. The number of nitrogens with one attached hydrogen (secondary N) is 4. The number of aromatic amines is 1. The number of nitrogens with zero attached hydrogens (tertiary/aromatic N) is 4. The molecule has 17 nitrogen and oxygen atoms in total. The van der Waals surface area contributed by atoms with E-state index in [1.165, 1.54) is 11.0 Å². The van der Waals surface area contributed by atoms with E-state index in [1.54, 1.807) is 70.5 Å². The van der Waals surface area contributed by atoms with E-state index in [-0.39, 0.29) is 54.2 Å². The first-order chi connectivity index (χ1) is 33.9. The lowest BCUT2D eigenvalue weighted by Gasteiger charge is -2.31. The molecule has 7 amide bonds. The number of benzene rings is 4. The third kappa shape index (κ3) is 11.5. The van der Waals surface area contributed by atoms with Crippen LogP contribution < -0.4 is 31.3 Å². The minimum atomic E-state index is -0.803. The Hall–Kier alpha value is -7.08. The summed E-state index contributed by atoms with van der Waals surface area (Å²) in [5.74, 6) is -1.42. The monoisotopic (exact) mass is 971 g/mol. The van der Waals surface area contributed by atoms with Crippen LogP contribution in [-0.2, 0) is 19.2 Å². The Bertz CT molecular complexity index is 2820. The summed E-state index contributed by atoms with van der Waals surface area (Å²) < 4.78 is 6.05. The van der Waals surface area contributed by atoms with Crippen molar-refractivity contribution in [2.75, 3.05) is 74.3 Å². The van der Waals surface area contributed by atoms with E-state index < -0.39 is 18.0 Å². The van der Waals surface area contributed by atoms with Gasteiger partial charge in [0, 0.05) is 109 Å². The number of imide groups is 1. The number of nitrogens with two attached hydrogens (primary N) is 1. The van der Waals surface area contributed by atoms with Gasteiger partial charge in [0.2, 0.25) is 17.7 Å². The molecular weight excluding hydrogens is 914 g/mol. The Balaban J connectivity index is 0.880. The van der Waals surface area contributed by atoms with Gasteiger partial charge >= 0.3 is 6.09 Å². The van der Waals surface area contributed by atoms with Crippen LogP contribution in [0.4, 0.5) is 21.9 Å². The largest absolute Gasteiger partial charge is 0.415 e. The quantitative estimate of drug-likeness (QED) is 0.0354. The number of likely N-dealkylation sites (N-methyl/N-ethyl adjacent to an activating group) is 1. The third-order valence-electron chi connectivity index (χ3n) is 13.0. The molecule has 4 aromatic carbocycles. The summed E-state index contributed by atoms with van der Waals surface area (Å²) in [6.45, 7) is 3.69. The fourth-order valence-corrected chi connectivity index (χ4v) is 9.40. The van der Waals surface area contributed by atoms with Crippen LogP contribution in [0.3, 0.4) is 0 Å². The Labute approximate surface area is 410 Å². The Morgan fingerprint density at radius 3 is 2.36 bits per heavy atom. The molecule has 1 saturated heterocycles. The topological polar surface area (TPSA) is 220 Å². The van der Waals surface area contributed by atoms with Gasteiger partial charge < -0.3 is 46.1 Å². The molecule has 3 aliphatic heterocycles. The van der Waals surface area contributed by atoms with E-state index in [4.69, 9.17) is 22.1 Å². The van der Waals surface area contributed by atoms with Gasteiger partial charge in [-0.05, 0) is 105 Å². The second kappa shape index (κ2) is 22.6. The predicted octanol–water partition coefficient (Wildman–Crippen LogP) is 6.73. The van der Waals surface area contributed by atoms with Crippen LogP contribution in [-0.4, -0.2) is 126 Å². The molecule has 0 bridgehead atoms. The van der Waals surface area contributed by atoms with Gasteiger partial charge in [-0.25, -0.2) is 4.79 Å². The van der Waals surface area contributed by atoms with E-state index >= 15 is 0 Å². The maximum Gasteiger partial charge on any atom is 0.415 e. The summed E-state index contributed by atoms with van der Waals surface area (Å²) in [4.78, 5) is 101. The maximum atomic E-state index is 14.4. The highest BCUT2D eigenvalue weighted by molar-refractivity contribution is 6.19. The van der Waals surface area contributed by atoms with E-state index in [0.717, 1.165) is 29.4 Å². The zero-order chi connectivity index (χ0) is 49.3. The van der Waals surface area contributed by atoms with Crippen molar-refractivity contribution in [2.45, 2.75) is 63.3 Å². The lowest BCUT2D eigenvalue weighted by Crippen LogP contribution is -2.48. The second-order valence-corrected chi connectivity index (χ2v) is 18.3. The number of carbonyl (C=O) groups excluding carboxylic acids is 7. The maximum absolute atomic E-state index is 14.4. The van der Waals surface area contributed by atoms with Crippen LogP contribution in [0.25, 0.3) is 21.7 Å². The van der Waals surface area contributed by atoms with Crippen LogP contribution in [0, 0.1) is 0 Å². The SMILES string of the molecule is CN1CCN(C(=O)Oc2cc3c(c4ccccc24)[C@H](CCl)CN3C(=O)c2cc3cc(NC(=O)c4ccc(NC(=O)[C@H](CCCCN)NC(=O)CCCCCN5C(=O)C=CCC5=O)cc4)ccc3[nH]2)CC1. The molecule has 4 heterocycles. The van der Waals surface area contributed by atoms with Crippen molar-refractivity contribution >= 4 is 91.9 Å². The molecule has 0 unspecified atom stereocenters. The number of piperazine rings is 1. The smallest absolute Gasteiger partial charge is 0.409 e. The predicted molar refractivity (Wildman–Crippen MR) is 269 cm³/mol. The fraction of sp³-hybridized carbons (Fsp3) is 0.365. The summed E-state index contributed by atoms with van der Waals surface area (Å²) >= 11 is 6.55. The highest BCUT2D eigenvalue weighted by Gasteiger charge is 2.36. The van der Waals surface area contributed by atoms with Gasteiger partial charge in [-0.1, -0.05) is 36.8 Å². The van der Waals surface area contributed by atoms with Crippen LogP contribution in [0.1, 0.15) is 83.7 Å². The molecule has 2 atom stereocenters. The number of H-pyrrole nitrogens is 1. The Kier molecular flexibility index (Phi) is 15.9. The number of alkyl halides is 1. The first-order valence-corrected chi connectivity index (χ1v) is 24.4. The van der Waals surface area contributed by atoms with E-state index in [1.807, 2.05) is 31.3 Å². The minimum Gasteiger partial charge on any atom is -0.409 e. The standard InChI is InChI=1S/C52H58ClN9O8/c1-59-24-26-60(27-25-59)52(69)70-44-30-43-48(39-11-5-4-10-38(39)44)35(31-53)32-62(43)51(68)42-29-34-28-37(20-21-40(34)57-42)56-49(66)33-16-18-36(19-17-33)55-50(67)41(12-6-7-22-54)58-45(63)13-3-2-8-23-61-46(64)14-9-15-47(61)65/h4-5,9-11,14,16-21,28-30,35,41,57H,2-3,6-8,12-13,15,22-27,31-32,54H2,1H3,(H,55,67)(H,56,66)(H,58,63)/t35-,41+/m1/s1. The first kappa shape index (κ1) is 49.3. The number of fused-ring (bicyclic) bond motifs is 4. The second-order valence-electron chi connectivity index (χ2n) is 18.0. The first-order valence-electron chi connectivity index (χ1n) is 23.8. The summed E-state index contributed by atoms with van der Waals surface area (Å²) in [5.41, 5.74) is 9.54. The van der Waals surface area contributed by atoms with Gasteiger partial charge in [-0.15, -0.1) is 11.6 Å². The van der Waals surface area contributed by atoms with Crippen LogP contribution in [0.15, 0.2) is 91.0 Å². The lowest BCUT2D eigenvalue weighted by atomic mass is 9.95. The molecule has 0 radical (unpaired) electrons. The Morgan fingerprint density at radius 1 is 0.857 bits per heavy atom. The van der Waals surface area contributed by atoms with Gasteiger partial charge in [0.05, 0.1) is 5.69 Å². The molecule has 18 heteroatoms. The highest BCUT2D eigenvalue weighted by Crippen LogP contribution is 2.46. The number of aromatic nitrogens is 1. The molecule has 1 fully saturated rings. The van der Waals surface area contributed by atoms with E-state index in [2.05, 4.69) is 25.8 Å². The number of amides is 7. The van der Waals surface area contributed by atoms with Gasteiger partial charge in [-0.3, -0.25) is 33.7 Å². The Morgan fingerprint density at radius 2 is 1.61 bits per heavy atom. The fourth-order valence-electron chi connectivity index (χ4n) is 9.15. The van der Waals surface area contributed by atoms with Gasteiger partial charge in [0.1, 0.15) is 17.5 Å². The van der Waals surface area contributed by atoms with Crippen molar-refractivity contribution in [1.29, 1.82) is 0 Å². The summed E-state index contributed by atoms with van der Waals surface area (Å²) in [5, 5.41) is 10.9. The number of halogens is 1. The van der Waals surface area contributed by atoms with Crippen molar-refractivity contribution in [3.05, 3.63) is 108 Å². The molecule has 0 aliphatic carbocycles. The van der Waals surface area contributed by atoms with Crippen molar-refractivity contribution in [2.24, 2.45) is 5.73 Å². The molecule has 1 aromatic heterocycles. The highest BCUT2D eigenvalue weighted by atomic mass is 35.5. The summed E-state index contributed by atoms with van der Waals surface area (Å²) in [6.07, 6.45) is 6.34. The zero-order valence-electron chi connectivity index (χ0n) is 39.1. The van der Waals surface area contributed by atoms with Crippen molar-refractivity contribution in [1.82, 2.24) is 25.0 Å². The lowest BCUT2D eigenvalue weighted by molar-refractivity contribution is -0.142. The van der Waals surface area contributed by atoms with Crippen LogP contribution >= 0.6 is 11.6 Å². The number of hydrogen-bond donors (Lipinski definition) is 5. The average molecular weight is 973 g/mol. The molecular formula is C52H58ClN9O8. The molecule has 8 rings (SSSR count). The number of ether oxygens (including phenoxy) is 1. The normalized spacial score (nSPS) is 16.4. The molecule has 70 heavy (non-hydrogen) atoms. The van der Waals surface area contributed by atoms with Crippen molar-refractivity contribution in [3.63, 3.8) is 0 Å². The van der Waals surface area contributed by atoms with Gasteiger partial charge in [-0.2, -0.15) is 0 Å². The van der Waals surface area contributed by atoms with Crippen molar-refractivity contribution in [3.8, 4) is 5.75 Å². The number of rotatable bonds is 18. The number of anilines is 3. The molecule has 6 N–H and O–H groups in total.